The summed E-state index contributed by atoms with van der Waals surface area (Å²) in [5, 5.41) is 1.37. The van der Waals surface area contributed by atoms with E-state index in [0.717, 1.165) is 6.07 Å². The van der Waals surface area contributed by atoms with Gasteiger partial charge in [0.25, 0.3) is 0 Å². The maximum atomic E-state index is 13.4. The molecule has 0 N–H and O–H groups in total. The molecule has 24 heavy (non-hydrogen) atoms. The highest BCUT2D eigenvalue weighted by atomic mass is 19.4. The molecule has 0 saturated heterocycles. The normalized spacial score (nSPS) is 11.9. The highest BCUT2D eigenvalue weighted by Gasteiger charge is 2.33. The van der Waals surface area contributed by atoms with E-state index in [-0.39, 0.29) is 11.4 Å². The van der Waals surface area contributed by atoms with Gasteiger partial charge in [0.05, 0.1) is 11.3 Å². The van der Waals surface area contributed by atoms with Crippen molar-refractivity contribution in [3.63, 3.8) is 0 Å². The van der Waals surface area contributed by atoms with Gasteiger partial charge in [0.1, 0.15) is 5.82 Å². The number of benzene rings is 2. The maximum absolute atomic E-state index is 13.4. The molecule has 1 aromatic heterocycles. The van der Waals surface area contributed by atoms with Crippen molar-refractivity contribution in [1.82, 2.24) is 4.98 Å². The highest BCUT2D eigenvalue weighted by molar-refractivity contribution is 5.94. The van der Waals surface area contributed by atoms with E-state index in [1.165, 1.54) is 30.5 Å². The van der Waals surface area contributed by atoms with Crippen molar-refractivity contribution >= 4 is 10.8 Å². The molecule has 0 aliphatic rings. The van der Waals surface area contributed by atoms with Crippen molar-refractivity contribution in [3.05, 3.63) is 65.6 Å². The SMILES string of the molecule is CCCc1cc(-c2nccc3cc(F)ccc23)ccc1C(F)(F)F. The lowest BCUT2D eigenvalue weighted by Crippen LogP contribution is -2.09. The standard InChI is InChI=1S/C19H15F4N/c1-2-3-13-10-14(4-7-17(13)19(21,22)23)18-16-6-5-15(20)11-12(16)8-9-24-18/h4-11H,2-3H2,1H3. The monoisotopic (exact) mass is 333 g/mol. The summed E-state index contributed by atoms with van der Waals surface area (Å²) in [6.07, 6.45) is -1.89. The van der Waals surface area contributed by atoms with E-state index in [2.05, 4.69) is 4.98 Å². The zero-order chi connectivity index (χ0) is 17.3. The Labute approximate surface area is 137 Å². The number of aryl methyl sites for hydroxylation is 1. The molecule has 1 heterocycles. The summed E-state index contributed by atoms with van der Waals surface area (Å²) < 4.78 is 52.8. The zero-order valence-corrected chi connectivity index (χ0v) is 13.0. The molecule has 2 aromatic carbocycles. The number of pyridine rings is 1. The Bertz CT molecular complexity index is 884. The lowest BCUT2D eigenvalue weighted by Gasteiger charge is -2.14. The first-order chi connectivity index (χ1) is 11.4. The molecular weight excluding hydrogens is 318 g/mol. The van der Waals surface area contributed by atoms with Gasteiger partial charge < -0.3 is 0 Å². The molecule has 0 amide bonds. The molecule has 0 aliphatic carbocycles. The molecule has 5 heteroatoms. The molecule has 0 unspecified atom stereocenters. The van der Waals surface area contributed by atoms with Crippen molar-refractivity contribution in [2.45, 2.75) is 25.9 Å². The minimum absolute atomic E-state index is 0.253. The third kappa shape index (κ3) is 3.11. The fraction of sp³-hybridized carbons (Fsp3) is 0.211. The highest BCUT2D eigenvalue weighted by Crippen LogP contribution is 2.36. The number of fused-ring (bicyclic) bond motifs is 1. The molecule has 0 fully saturated rings. The second kappa shape index (κ2) is 6.23. The predicted octanol–water partition coefficient (Wildman–Crippen LogP) is 6.01. The molecule has 0 saturated carbocycles. The van der Waals surface area contributed by atoms with Crippen molar-refractivity contribution in [2.24, 2.45) is 0 Å². The molecule has 0 aliphatic heterocycles. The van der Waals surface area contributed by atoms with Gasteiger partial charge in [-0.05, 0) is 53.8 Å². The number of hydrogen-bond donors (Lipinski definition) is 0. The average Bonchev–Trinajstić information content (AvgIpc) is 2.53. The summed E-state index contributed by atoms with van der Waals surface area (Å²) in [5.41, 5.74) is 0.796. The van der Waals surface area contributed by atoms with Crippen molar-refractivity contribution in [2.75, 3.05) is 0 Å². The van der Waals surface area contributed by atoms with Gasteiger partial charge in [-0.1, -0.05) is 19.4 Å². The molecule has 3 aromatic rings. The van der Waals surface area contributed by atoms with Crippen LogP contribution >= 0.6 is 0 Å². The Morgan fingerprint density at radius 1 is 1.00 bits per heavy atom. The topological polar surface area (TPSA) is 12.9 Å². The van der Waals surface area contributed by atoms with Crippen LogP contribution in [0.2, 0.25) is 0 Å². The molecule has 0 radical (unpaired) electrons. The van der Waals surface area contributed by atoms with E-state index < -0.39 is 11.7 Å². The van der Waals surface area contributed by atoms with Gasteiger partial charge in [-0.25, -0.2) is 4.39 Å². The van der Waals surface area contributed by atoms with Crippen LogP contribution < -0.4 is 0 Å². The Hall–Kier alpha value is -2.43. The third-order valence-electron chi connectivity index (χ3n) is 3.93. The predicted molar refractivity (Wildman–Crippen MR) is 86.1 cm³/mol. The van der Waals surface area contributed by atoms with Gasteiger partial charge in [0, 0.05) is 17.1 Å². The second-order valence-corrected chi connectivity index (χ2v) is 5.64. The average molecular weight is 333 g/mol. The van der Waals surface area contributed by atoms with Crippen LogP contribution in [0.15, 0.2) is 48.7 Å². The number of nitrogens with zero attached hydrogens (tertiary/aromatic N) is 1. The van der Waals surface area contributed by atoms with E-state index in [0.29, 0.717) is 34.9 Å². The number of halogens is 4. The minimum atomic E-state index is -4.38. The summed E-state index contributed by atoms with van der Waals surface area (Å²) in [6, 6.07) is 10.1. The van der Waals surface area contributed by atoms with Gasteiger partial charge in [0.2, 0.25) is 0 Å². The van der Waals surface area contributed by atoms with E-state index in [4.69, 9.17) is 0 Å². The van der Waals surface area contributed by atoms with Crippen molar-refractivity contribution < 1.29 is 17.6 Å². The number of alkyl halides is 3. The number of rotatable bonds is 3. The quantitative estimate of drug-likeness (QED) is 0.535. The molecule has 124 valence electrons. The lowest BCUT2D eigenvalue weighted by molar-refractivity contribution is -0.138. The molecule has 3 rings (SSSR count). The van der Waals surface area contributed by atoms with Gasteiger partial charge in [0.15, 0.2) is 0 Å². The van der Waals surface area contributed by atoms with Crippen LogP contribution in [-0.4, -0.2) is 4.98 Å². The van der Waals surface area contributed by atoms with Crippen molar-refractivity contribution in [1.29, 1.82) is 0 Å². The smallest absolute Gasteiger partial charge is 0.256 e. The third-order valence-corrected chi connectivity index (χ3v) is 3.93. The molecule has 1 nitrogen and oxygen atoms in total. The summed E-state index contributed by atoms with van der Waals surface area (Å²) in [5.74, 6) is -0.362. The summed E-state index contributed by atoms with van der Waals surface area (Å²) in [7, 11) is 0. The first-order valence-corrected chi connectivity index (χ1v) is 7.65. The number of aromatic nitrogens is 1. The fourth-order valence-corrected chi connectivity index (χ4v) is 2.87. The van der Waals surface area contributed by atoms with Crippen molar-refractivity contribution in [3.8, 4) is 11.3 Å². The fourth-order valence-electron chi connectivity index (χ4n) is 2.87. The van der Waals surface area contributed by atoms with Gasteiger partial charge in [-0.15, -0.1) is 0 Å². The van der Waals surface area contributed by atoms with Crippen LogP contribution in [0, 0.1) is 5.82 Å². The summed E-state index contributed by atoms with van der Waals surface area (Å²) >= 11 is 0. The van der Waals surface area contributed by atoms with E-state index in [1.54, 1.807) is 12.1 Å². The van der Waals surface area contributed by atoms with E-state index in [9.17, 15) is 17.6 Å². The molecule has 0 atom stereocenters. The van der Waals surface area contributed by atoms with Crippen LogP contribution in [0.1, 0.15) is 24.5 Å². The lowest BCUT2D eigenvalue weighted by atomic mass is 9.96. The molecule has 0 spiro atoms. The molecule has 0 bridgehead atoms. The van der Waals surface area contributed by atoms with E-state index >= 15 is 0 Å². The minimum Gasteiger partial charge on any atom is -0.256 e. The largest absolute Gasteiger partial charge is 0.416 e. The van der Waals surface area contributed by atoms with Crippen LogP contribution in [0.3, 0.4) is 0 Å². The Balaban J connectivity index is 2.18. The Morgan fingerprint density at radius 2 is 1.79 bits per heavy atom. The first kappa shape index (κ1) is 16.4. The maximum Gasteiger partial charge on any atom is 0.416 e. The number of hydrogen-bond acceptors (Lipinski definition) is 1. The zero-order valence-electron chi connectivity index (χ0n) is 13.0. The van der Waals surface area contributed by atoms with Crippen LogP contribution in [-0.2, 0) is 12.6 Å². The van der Waals surface area contributed by atoms with Gasteiger partial charge >= 0.3 is 6.18 Å². The Morgan fingerprint density at radius 3 is 2.50 bits per heavy atom. The second-order valence-electron chi connectivity index (χ2n) is 5.64. The van der Waals surface area contributed by atoms with Gasteiger partial charge in [-0.3, -0.25) is 4.98 Å². The van der Waals surface area contributed by atoms with Gasteiger partial charge in [-0.2, -0.15) is 13.2 Å². The first-order valence-electron chi connectivity index (χ1n) is 7.65. The summed E-state index contributed by atoms with van der Waals surface area (Å²) in [6.45, 7) is 1.84. The Kier molecular flexibility index (Phi) is 4.26. The molecular formula is C19H15F4N. The van der Waals surface area contributed by atoms with Crippen LogP contribution in [0.4, 0.5) is 17.6 Å². The van der Waals surface area contributed by atoms with Crippen LogP contribution in [0.5, 0.6) is 0 Å². The van der Waals surface area contributed by atoms with Crippen LogP contribution in [0.25, 0.3) is 22.0 Å². The van der Waals surface area contributed by atoms with E-state index in [1.807, 2.05) is 6.92 Å². The summed E-state index contributed by atoms with van der Waals surface area (Å²) in [4.78, 5) is 4.30.